The fourth-order valence-corrected chi connectivity index (χ4v) is 3.59. The van der Waals surface area contributed by atoms with Crippen molar-refractivity contribution in [1.82, 2.24) is 10.3 Å². The van der Waals surface area contributed by atoms with Gasteiger partial charge < -0.3 is 10.1 Å². The van der Waals surface area contributed by atoms with Crippen LogP contribution in [0.25, 0.3) is 0 Å². The zero-order valence-electron chi connectivity index (χ0n) is 12.6. The summed E-state index contributed by atoms with van der Waals surface area (Å²) in [4.78, 5) is 6.02. The van der Waals surface area contributed by atoms with Gasteiger partial charge in [0.2, 0.25) is 0 Å². The molecule has 2 unspecified atom stereocenters. The lowest BCUT2D eigenvalue weighted by Crippen LogP contribution is -2.19. The molecule has 4 heteroatoms. The third kappa shape index (κ3) is 3.53. The molecule has 0 aliphatic heterocycles. The fourth-order valence-electron chi connectivity index (χ4n) is 2.17. The van der Waals surface area contributed by atoms with Crippen molar-refractivity contribution in [3.63, 3.8) is 0 Å². The molecule has 3 nitrogen and oxygen atoms in total. The highest BCUT2D eigenvalue weighted by atomic mass is 32.1. The van der Waals surface area contributed by atoms with E-state index < -0.39 is 0 Å². The molecule has 0 aliphatic rings. The van der Waals surface area contributed by atoms with E-state index in [2.05, 4.69) is 46.9 Å². The van der Waals surface area contributed by atoms with Crippen LogP contribution in [0.5, 0.6) is 0 Å². The Morgan fingerprint density at radius 2 is 2.00 bits per heavy atom. The highest BCUT2D eigenvalue weighted by Crippen LogP contribution is 2.39. The Morgan fingerprint density at radius 1 is 1.39 bits per heavy atom. The van der Waals surface area contributed by atoms with Gasteiger partial charge >= 0.3 is 0 Å². The first-order valence-corrected chi connectivity index (χ1v) is 7.36. The van der Waals surface area contributed by atoms with Crippen molar-refractivity contribution in [3.05, 3.63) is 15.6 Å². The minimum absolute atomic E-state index is 0.0591. The van der Waals surface area contributed by atoms with Gasteiger partial charge in [-0.2, -0.15) is 0 Å². The second-order valence-electron chi connectivity index (χ2n) is 5.76. The summed E-state index contributed by atoms with van der Waals surface area (Å²) in [5.41, 5.74) is 1.19. The number of thiazole rings is 1. The van der Waals surface area contributed by atoms with Gasteiger partial charge in [0, 0.05) is 18.0 Å². The Balaban J connectivity index is 3.02. The normalized spacial score (nSPS) is 15.7. The lowest BCUT2D eigenvalue weighted by atomic mass is 9.89. The minimum Gasteiger partial charge on any atom is -0.374 e. The van der Waals surface area contributed by atoms with Gasteiger partial charge in [-0.1, -0.05) is 27.7 Å². The van der Waals surface area contributed by atoms with Crippen LogP contribution in [0.15, 0.2) is 0 Å². The van der Waals surface area contributed by atoms with Gasteiger partial charge in [-0.3, -0.25) is 0 Å². The molecule has 1 N–H and O–H groups in total. The van der Waals surface area contributed by atoms with Crippen molar-refractivity contribution < 1.29 is 4.74 Å². The van der Waals surface area contributed by atoms with Crippen molar-refractivity contribution in [1.29, 1.82) is 0 Å². The Labute approximate surface area is 115 Å². The second-order valence-corrected chi connectivity index (χ2v) is 6.83. The van der Waals surface area contributed by atoms with E-state index in [9.17, 15) is 0 Å². The van der Waals surface area contributed by atoms with Gasteiger partial charge in [-0.15, -0.1) is 11.3 Å². The molecule has 0 saturated heterocycles. The second kappa shape index (κ2) is 6.13. The molecule has 18 heavy (non-hydrogen) atoms. The lowest BCUT2D eigenvalue weighted by molar-refractivity contribution is 0.0150. The Hall–Kier alpha value is -0.450. The van der Waals surface area contributed by atoms with Crippen molar-refractivity contribution in [2.24, 2.45) is 5.41 Å². The Kier molecular flexibility index (Phi) is 5.32. The lowest BCUT2D eigenvalue weighted by Gasteiger charge is -2.27. The van der Waals surface area contributed by atoms with E-state index in [1.54, 1.807) is 18.4 Å². The predicted octanol–water partition coefficient (Wildman–Crippen LogP) is 3.86. The summed E-state index contributed by atoms with van der Waals surface area (Å²) >= 11 is 1.77. The molecule has 0 aliphatic carbocycles. The molecule has 0 bridgehead atoms. The fraction of sp³-hybridized carbons (Fsp3) is 0.786. The quantitative estimate of drug-likeness (QED) is 0.882. The smallest absolute Gasteiger partial charge is 0.123 e. The third-order valence-electron chi connectivity index (χ3n) is 3.00. The SMILES string of the molecule is CCNC(C)c1sc(C(OC)C(C)(C)C)nc1C. The molecule has 104 valence electrons. The molecular weight excluding hydrogens is 244 g/mol. The van der Waals surface area contributed by atoms with E-state index in [0.717, 1.165) is 17.2 Å². The zero-order chi connectivity index (χ0) is 13.9. The number of hydrogen-bond donors (Lipinski definition) is 1. The Morgan fingerprint density at radius 3 is 2.44 bits per heavy atom. The average molecular weight is 270 g/mol. The number of ether oxygens (including phenoxy) is 1. The first-order valence-electron chi connectivity index (χ1n) is 6.54. The molecule has 0 saturated carbocycles. The number of nitrogens with one attached hydrogen (secondary N) is 1. The van der Waals surface area contributed by atoms with Crippen molar-refractivity contribution in [3.8, 4) is 0 Å². The maximum atomic E-state index is 5.64. The van der Waals surface area contributed by atoms with Gasteiger partial charge in [0.25, 0.3) is 0 Å². The summed E-state index contributed by atoms with van der Waals surface area (Å²) in [7, 11) is 1.76. The molecule has 1 aromatic heterocycles. The van der Waals surface area contributed by atoms with E-state index in [-0.39, 0.29) is 11.5 Å². The van der Waals surface area contributed by atoms with E-state index in [1.807, 2.05) is 0 Å². The van der Waals surface area contributed by atoms with Crippen LogP contribution in [0, 0.1) is 12.3 Å². The maximum Gasteiger partial charge on any atom is 0.123 e. The highest BCUT2D eigenvalue weighted by molar-refractivity contribution is 7.11. The van der Waals surface area contributed by atoms with Gasteiger partial charge in [0.05, 0.1) is 5.69 Å². The maximum absolute atomic E-state index is 5.64. The van der Waals surface area contributed by atoms with E-state index in [0.29, 0.717) is 6.04 Å². The molecule has 0 radical (unpaired) electrons. The van der Waals surface area contributed by atoms with E-state index >= 15 is 0 Å². The number of methoxy groups -OCH3 is 1. The van der Waals surface area contributed by atoms with Crippen LogP contribution in [0.4, 0.5) is 0 Å². The Bertz CT molecular complexity index is 382. The van der Waals surface area contributed by atoms with Crippen molar-refractivity contribution in [2.75, 3.05) is 13.7 Å². The summed E-state index contributed by atoms with van der Waals surface area (Å²) in [6.45, 7) is 13.9. The molecule has 0 aromatic carbocycles. The molecule has 1 rings (SSSR count). The van der Waals surface area contributed by atoms with Crippen LogP contribution in [-0.4, -0.2) is 18.6 Å². The largest absolute Gasteiger partial charge is 0.374 e. The monoisotopic (exact) mass is 270 g/mol. The van der Waals surface area contributed by atoms with E-state index in [1.165, 1.54) is 4.88 Å². The summed E-state index contributed by atoms with van der Waals surface area (Å²) in [5, 5.41) is 4.53. The number of nitrogens with zero attached hydrogens (tertiary/aromatic N) is 1. The van der Waals surface area contributed by atoms with Crippen LogP contribution < -0.4 is 5.32 Å². The molecule has 1 heterocycles. The summed E-state index contributed by atoms with van der Waals surface area (Å²) in [6.07, 6.45) is 0.0591. The molecule has 2 atom stereocenters. The number of hydrogen-bond acceptors (Lipinski definition) is 4. The third-order valence-corrected chi connectivity index (χ3v) is 4.38. The summed E-state index contributed by atoms with van der Waals surface area (Å²) in [5.74, 6) is 0. The highest BCUT2D eigenvalue weighted by Gasteiger charge is 2.30. The van der Waals surface area contributed by atoms with Crippen molar-refractivity contribution >= 4 is 11.3 Å². The summed E-state index contributed by atoms with van der Waals surface area (Å²) < 4.78 is 5.64. The predicted molar refractivity (Wildman–Crippen MR) is 78.1 cm³/mol. The molecule has 0 spiro atoms. The zero-order valence-corrected chi connectivity index (χ0v) is 13.4. The van der Waals surface area contributed by atoms with Gasteiger partial charge in [-0.05, 0) is 25.8 Å². The van der Waals surface area contributed by atoms with Crippen LogP contribution in [0.1, 0.15) is 62.3 Å². The van der Waals surface area contributed by atoms with Gasteiger partial charge in [-0.25, -0.2) is 4.98 Å². The number of rotatable bonds is 5. The molecule has 1 aromatic rings. The van der Waals surface area contributed by atoms with Gasteiger partial charge in [0.15, 0.2) is 0 Å². The first-order chi connectivity index (χ1) is 8.31. The first kappa shape index (κ1) is 15.6. The van der Waals surface area contributed by atoms with Crippen LogP contribution >= 0.6 is 11.3 Å². The summed E-state index contributed by atoms with van der Waals surface area (Å²) in [6, 6.07) is 0.360. The molecule has 0 amide bonds. The molecular formula is C14H26N2OS. The molecule has 0 fully saturated rings. The van der Waals surface area contributed by atoms with Crippen LogP contribution in [-0.2, 0) is 4.74 Å². The van der Waals surface area contributed by atoms with Crippen molar-refractivity contribution in [2.45, 2.75) is 53.7 Å². The number of aromatic nitrogens is 1. The van der Waals surface area contributed by atoms with Crippen LogP contribution in [0.3, 0.4) is 0 Å². The van der Waals surface area contributed by atoms with Crippen LogP contribution in [0.2, 0.25) is 0 Å². The van der Waals surface area contributed by atoms with Gasteiger partial charge in [0.1, 0.15) is 11.1 Å². The number of aryl methyl sites for hydroxylation is 1. The standard InChI is InChI=1S/C14H26N2OS/c1-8-15-9(2)11-10(3)16-13(18-11)12(17-7)14(4,5)6/h9,12,15H,8H2,1-7H3. The minimum atomic E-state index is 0.0591. The topological polar surface area (TPSA) is 34.1 Å². The van der Waals surface area contributed by atoms with E-state index in [4.69, 9.17) is 9.72 Å². The average Bonchev–Trinajstić information content (AvgIpc) is 2.59.